The number of hydrogen-bond donors (Lipinski definition) is 1. The molecule has 1 atom stereocenters. The lowest BCUT2D eigenvalue weighted by atomic mass is 10.3. The molecule has 0 amide bonds. The zero-order chi connectivity index (χ0) is 15.5. The molecule has 118 valence electrons. The number of sulfone groups is 1. The molecule has 1 fully saturated rings. The van der Waals surface area contributed by atoms with Crippen LogP contribution in [-0.2, 0) is 16.4 Å². The average Bonchev–Trinajstić information content (AvgIpc) is 2.44. The number of anilines is 1. The van der Waals surface area contributed by atoms with Crippen LogP contribution in [0.1, 0.15) is 19.5 Å². The molecule has 0 aliphatic carbocycles. The maximum absolute atomic E-state index is 12.0. The van der Waals surface area contributed by atoms with Gasteiger partial charge in [-0.25, -0.2) is 13.4 Å². The van der Waals surface area contributed by atoms with Crippen LogP contribution in [0.25, 0.3) is 0 Å². The Morgan fingerprint density at radius 2 is 2.24 bits per heavy atom. The molecule has 1 saturated heterocycles. The monoisotopic (exact) mass is 329 g/mol. The normalized spacial score (nSPS) is 20.0. The van der Waals surface area contributed by atoms with E-state index in [1.165, 1.54) is 6.26 Å². The Labute approximate surface area is 131 Å². The van der Waals surface area contributed by atoms with E-state index in [2.05, 4.69) is 24.1 Å². The molecule has 0 spiro atoms. The van der Waals surface area contributed by atoms with Crippen molar-refractivity contribution in [3.63, 3.8) is 0 Å². The minimum absolute atomic E-state index is 0.394. The van der Waals surface area contributed by atoms with Gasteiger partial charge in [0.05, 0.1) is 5.69 Å². The fraction of sp³-hybridized carbons (Fsp3) is 0.643. The van der Waals surface area contributed by atoms with E-state index in [0.29, 0.717) is 18.3 Å². The molecule has 0 saturated carbocycles. The Morgan fingerprint density at radius 1 is 1.48 bits per heavy atom. The first-order valence-electron chi connectivity index (χ1n) is 7.10. The van der Waals surface area contributed by atoms with Crippen LogP contribution in [0, 0.1) is 0 Å². The molecule has 21 heavy (non-hydrogen) atoms. The third-order valence-electron chi connectivity index (χ3n) is 3.36. The molecular weight excluding hydrogens is 306 g/mol. The summed E-state index contributed by atoms with van der Waals surface area (Å²) in [5, 5.41) is 2.86. The van der Waals surface area contributed by atoms with E-state index in [4.69, 9.17) is 0 Å². The molecule has 2 rings (SSSR count). The highest BCUT2D eigenvalue weighted by Gasteiger charge is 2.31. The van der Waals surface area contributed by atoms with Gasteiger partial charge in [-0.2, -0.15) is 11.8 Å². The van der Waals surface area contributed by atoms with E-state index < -0.39 is 15.2 Å². The van der Waals surface area contributed by atoms with Gasteiger partial charge in [0.2, 0.25) is 0 Å². The second-order valence-electron chi connectivity index (χ2n) is 5.58. The summed E-state index contributed by atoms with van der Waals surface area (Å²) in [5.74, 6) is 2.30. The maximum atomic E-state index is 12.0. The Morgan fingerprint density at radius 3 is 2.90 bits per heavy atom. The fourth-order valence-corrected chi connectivity index (χ4v) is 5.06. The van der Waals surface area contributed by atoms with Crippen LogP contribution in [-0.4, -0.2) is 49.1 Å². The Bertz CT molecular complexity index is 575. The number of hydrogen-bond acceptors (Lipinski definition) is 6. The molecule has 7 heteroatoms. The number of aromatic nitrogens is 1. The van der Waals surface area contributed by atoms with Crippen LogP contribution in [0.5, 0.6) is 0 Å². The van der Waals surface area contributed by atoms with Gasteiger partial charge in [-0.05, 0) is 12.1 Å². The number of pyridine rings is 1. The zero-order valence-corrected chi connectivity index (χ0v) is 14.4. The van der Waals surface area contributed by atoms with Crippen molar-refractivity contribution in [2.75, 3.05) is 29.2 Å². The highest BCUT2D eigenvalue weighted by atomic mass is 32.2. The van der Waals surface area contributed by atoms with E-state index in [-0.39, 0.29) is 0 Å². The molecule has 5 nitrogen and oxygen atoms in total. The van der Waals surface area contributed by atoms with Gasteiger partial charge in [-0.3, -0.25) is 0 Å². The smallest absolute Gasteiger partial charge is 0.169 e. The largest absolute Gasteiger partial charge is 0.338 e. The van der Waals surface area contributed by atoms with E-state index in [1.807, 2.05) is 23.1 Å². The van der Waals surface area contributed by atoms with Gasteiger partial charge >= 0.3 is 0 Å². The van der Waals surface area contributed by atoms with Crippen molar-refractivity contribution < 1.29 is 8.42 Å². The number of thioether (sulfide) groups is 1. The van der Waals surface area contributed by atoms with E-state index >= 15 is 0 Å². The zero-order valence-electron chi connectivity index (χ0n) is 12.7. The van der Waals surface area contributed by atoms with Gasteiger partial charge in [0, 0.05) is 36.9 Å². The lowest BCUT2D eigenvalue weighted by Gasteiger charge is -2.35. The second-order valence-corrected chi connectivity index (χ2v) is 8.93. The molecule has 1 aromatic heterocycles. The highest BCUT2D eigenvalue weighted by molar-refractivity contribution is 8.01. The summed E-state index contributed by atoms with van der Waals surface area (Å²) in [7, 11) is -3.11. The van der Waals surface area contributed by atoms with Crippen LogP contribution in [0.15, 0.2) is 18.2 Å². The quantitative estimate of drug-likeness (QED) is 0.883. The number of nitrogens with zero attached hydrogens (tertiary/aromatic N) is 2. The van der Waals surface area contributed by atoms with Crippen molar-refractivity contribution in [1.82, 2.24) is 10.3 Å². The summed E-state index contributed by atoms with van der Waals surface area (Å²) in [5.41, 5.74) is 0.937. The minimum Gasteiger partial charge on any atom is -0.338 e. The number of nitrogens with one attached hydrogen (secondary N) is 1. The van der Waals surface area contributed by atoms with Crippen molar-refractivity contribution in [3.05, 3.63) is 23.9 Å². The van der Waals surface area contributed by atoms with Crippen molar-refractivity contribution in [3.8, 4) is 0 Å². The molecule has 1 aliphatic rings. The first-order chi connectivity index (χ1) is 9.88. The van der Waals surface area contributed by atoms with Crippen molar-refractivity contribution >= 4 is 27.4 Å². The first-order valence-corrected chi connectivity index (χ1v) is 10.2. The molecular formula is C14H23N3O2S2. The summed E-state index contributed by atoms with van der Waals surface area (Å²) in [6.07, 6.45) is 1.31. The van der Waals surface area contributed by atoms with Crippen LogP contribution in [0.2, 0.25) is 0 Å². The van der Waals surface area contributed by atoms with Crippen molar-refractivity contribution in [2.24, 2.45) is 0 Å². The summed E-state index contributed by atoms with van der Waals surface area (Å²) in [6.45, 7) is 5.59. The second kappa shape index (κ2) is 6.98. The highest BCUT2D eigenvalue weighted by Crippen LogP contribution is 2.25. The standard InChI is InChI=1S/C14H23N3O2S2/c1-11(2)15-9-12-5-4-6-13(16-12)17-7-8-20-10-14(17)21(3,18)19/h4-6,11,14-15H,7-10H2,1-3H3. The van der Waals surface area contributed by atoms with Crippen LogP contribution < -0.4 is 10.2 Å². The van der Waals surface area contributed by atoms with Gasteiger partial charge < -0.3 is 10.2 Å². The summed E-state index contributed by atoms with van der Waals surface area (Å²) in [6, 6.07) is 6.20. The predicted octanol–water partition coefficient (Wildman–Crippen LogP) is 1.50. The van der Waals surface area contributed by atoms with E-state index in [1.54, 1.807) is 11.8 Å². The molecule has 0 radical (unpaired) electrons. The van der Waals surface area contributed by atoms with E-state index in [9.17, 15) is 8.42 Å². The Kier molecular flexibility index (Phi) is 5.51. The SMILES string of the molecule is CC(C)NCc1cccc(N2CCSCC2S(C)(=O)=O)n1. The topological polar surface area (TPSA) is 62.3 Å². The fourth-order valence-electron chi connectivity index (χ4n) is 2.23. The van der Waals surface area contributed by atoms with E-state index in [0.717, 1.165) is 23.8 Å². The molecule has 0 aromatic carbocycles. The third-order valence-corrected chi connectivity index (χ3v) is 6.00. The Hall–Kier alpha value is -0.790. The molecule has 2 heterocycles. The number of rotatable bonds is 5. The van der Waals surface area contributed by atoms with Gasteiger partial charge in [-0.15, -0.1) is 0 Å². The van der Waals surface area contributed by atoms with Crippen molar-refractivity contribution in [1.29, 1.82) is 0 Å². The lowest BCUT2D eigenvalue weighted by Crippen LogP contribution is -2.47. The Balaban J connectivity index is 2.21. The third kappa shape index (κ3) is 4.59. The maximum Gasteiger partial charge on any atom is 0.169 e. The van der Waals surface area contributed by atoms with Crippen LogP contribution >= 0.6 is 11.8 Å². The average molecular weight is 329 g/mol. The first kappa shape index (κ1) is 16.6. The summed E-state index contributed by atoms with van der Waals surface area (Å²) < 4.78 is 23.9. The minimum atomic E-state index is -3.11. The van der Waals surface area contributed by atoms with Gasteiger partial charge in [-0.1, -0.05) is 19.9 Å². The molecule has 1 aliphatic heterocycles. The van der Waals surface area contributed by atoms with Crippen LogP contribution in [0.4, 0.5) is 5.82 Å². The molecule has 1 unspecified atom stereocenters. The van der Waals surface area contributed by atoms with Gasteiger partial charge in [0.15, 0.2) is 9.84 Å². The van der Waals surface area contributed by atoms with Crippen molar-refractivity contribution in [2.45, 2.75) is 31.8 Å². The summed E-state index contributed by atoms with van der Waals surface area (Å²) in [4.78, 5) is 6.54. The summed E-state index contributed by atoms with van der Waals surface area (Å²) >= 11 is 1.69. The molecule has 1 aromatic rings. The molecule has 0 bridgehead atoms. The molecule has 1 N–H and O–H groups in total. The van der Waals surface area contributed by atoms with Gasteiger partial charge in [0.1, 0.15) is 11.2 Å². The van der Waals surface area contributed by atoms with Crippen LogP contribution in [0.3, 0.4) is 0 Å². The lowest BCUT2D eigenvalue weighted by molar-refractivity contribution is 0.577. The predicted molar refractivity (Wildman–Crippen MR) is 89.5 cm³/mol. The van der Waals surface area contributed by atoms with Gasteiger partial charge in [0.25, 0.3) is 0 Å².